The lowest BCUT2D eigenvalue weighted by atomic mass is 10.3. The van der Waals surface area contributed by atoms with Crippen LogP contribution in [-0.2, 0) is 25.5 Å². The molecule has 0 bridgehead atoms. The Morgan fingerprint density at radius 1 is 1.28 bits per heavy atom. The van der Waals surface area contributed by atoms with Gasteiger partial charge >= 0.3 is 0 Å². The van der Waals surface area contributed by atoms with Gasteiger partial charge in [0.25, 0.3) is 9.05 Å². The van der Waals surface area contributed by atoms with Gasteiger partial charge in [0, 0.05) is 22.1 Å². The molecule has 1 aliphatic carbocycles. The van der Waals surface area contributed by atoms with Gasteiger partial charge in [0.2, 0.25) is 10.0 Å². The summed E-state index contributed by atoms with van der Waals surface area (Å²) in [5.41, 5.74) is 0. The molecule has 1 fully saturated rings. The van der Waals surface area contributed by atoms with E-state index in [0.29, 0.717) is 6.42 Å². The minimum Gasteiger partial charge on any atom is -0.215 e. The molecule has 18 heavy (non-hydrogen) atoms. The van der Waals surface area contributed by atoms with Crippen molar-refractivity contribution < 1.29 is 16.8 Å². The lowest BCUT2D eigenvalue weighted by Gasteiger charge is -2.03. The highest BCUT2D eigenvalue weighted by Crippen LogP contribution is 2.28. The molecule has 0 unspecified atom stereocenters. The van der Waals surface area contributed by atoms with Crippen LogP contribution in [0.4, 0.5) is 0 Å². The molecule has 0 amide bonds. The predicted octanol–water partition coefficient (Wildman–Crippen LogP) is 1.30. The van der Waals surface area contributed by atoms with Crippen LogP contribution in [0, 0.1) is 0 Å². The van der Waals surface area contributed by atoms with Gasteiger partial charge in [-0.05, 0) is 31.4 Å². The summed E-state index contributed by atoms with van der Waals surface area (Å²) in [6.45, 7) is 0.279. The van der Waals surface area contributed by atoms with E-state index in [2.05, 4.69) is 4.72 Å². The average molecular weight is 330 g/mol. The van der Waals surface area contributed by atoms with Crippen molar-refractivity contribution in [3.05, 3.63) is 17.0 Å². The van der Waals surface area contributed by atoms with Crippen molar-refractivity contribution >= 4 is 41.1 Å². The molecule has 5 nitrogen and oxygen atoms in total. The van der Waals surface area contributed by atoms with Crippen LogP contribution in [0.2, 0.25) is 0 Å². The van der Waals surface area contributed by atoms with Gasteiger partial charge in [-0.3, -0.25) is 0 Å². The monoisotopic (exact) mass is 329 g/mol. The molecule has 0 aromatic carbocycles. The maximum atomic E-state index is 11.5. The fourth-order valence-electron chi connectivity index (χ4n) is 1.44. The Morgan fingerprint density at radius 3 is 2.44 bits per heavy atom. The van der Waals surface area contributed by atoms with Crippen molar-refractivity contribution in [2.45, 2.75) is 28.7 Å². The van der Waals surface area contributed by atoms with Gasteiger partial charge in [-0.15, -0.1) is 11.3 Å². The van der Waals surface area contributed by atoms with Gasteiger partial charge < -0.3 is 0 Å². The van der Waals surface area contributed by atoms with Crippen LogP contribution in [-0.4, -0.2) is 28.6 Å². The molecule has 1 saturated carbocycles. The zero-order chi connectivity index (χ0) is 13.4. The van der Waals surface area contributed by atoms with Crippen LogP contribution in [0.25, 0.3) is 0 Å². The van der Waals surface area contributed by atoms with E-state index in [1.54, 1.807) is 6.07 Å². The molecule has 1 aromatic heterocycles. The third-order valence-electron chi connectivity index (χ3n) is 2.52. The Kier molecular flexibility index (Phi) is 4.03. The van der Waals surface area contributed by atoms with Crippen molar-refractivity contribution in [2.24, 2.45) is 0 Å². The molecule has 0 saturated heterocycles. The summed E-state index contributed by atoms with van der Waals surface area (Å²) in [5.74, 6) is 0. The van der Waals surface area contributed by atoms with E-state index in [9.17, 15) is 16.8 Å². The first kappa shape index (κ1) is 14.3. The fourth-order valence-corrected chi connectivity index (χ4v) is 4.94. The fraction of sp³-hybridized carbons (Fsp3) is 0.556. The number of sulfonamides is 1. The molecule has 0 radical (unpaired) electrons. The zero-order valence-electron chi connectivity index (χ0n) is 9.30. The minimum absolute atomic E-state index is 0.0872. The van der Waals surface area contributed by atoms with E-state index >= 15 is 0 Å². The zero-order valence-corrected chi connectivity index (χ0v) is 12.5. The number of hydrogen-bond acceptors (Lipinski definition) is 5. The number of hydrogen-bond donors (Lipinski definition) is 1. The summed E-state index contributed by atoms with van der Waals surface area (Å²) in [5, 5.41) is -0.236. The molecule has 0 atom stereocenters. The SMILES string of the molecule is O=S(=O)(Cl)c1ccc(CCNS(=O)(=O)C2CC2)s1. The summed E-state index contributed by atoms with van der Waals surface area (Å²) in [4.78, 5) is 0.785. The van der Waals surface area contributed by atoms with Gasteiger partial charge in [0.1, 0.15) is 4.21 Å². The smallest absolute Gasteiger partial charge is 0.215 e. The summed E-state index contributed by atoms with van der Waals surface area (Å²) in [7, 11) is -1.66. The Hall–Kier alpha value is -0.150. The molecule has 0 spiro atoms. The molecule has 1 N–H and O–H groups in total. The number of halogens is 1. The van der Waals surface area contributed by atoms with Crippen LogP contribution in [0.5, 0.6) is 0 Å². The highest BCUT2D eigenvalue weighted by molar-refractivity contribution is 8.15. The first-order valence-corrected chi connectivity index (χ1v) is 9.98. The van der Waals surface area contributed by atoms with Gasteiger partial charge in [0.15, 0.2) is 0 Å². The van der Waals surface area contributed by atoms with E-state index in [1.807, 2.05) is 0 Å². The first-order valence-electron chi connectivity index (χ1n) is 5.31. The molecule has 9 heteroatoms. The normalized spacial score (nSPS) is 16.9. The topological polar surface area (TPSA) is 80.3 Å². The number of thiophene rings is 1. The van der Waals surface area contributed by atoms with Crippen molar-refractivity contribution in [3.63, 3.8) is 0 Å². The van der Waals surface area contributed by atoms with E-state index in [4.69, 9.17) is 10.7 Å². The first-order chi connectivity index (χ1) is 8.29. The van der Waals surface area contributed by atoms with Crippen LogP contribution >= 0.6 is 22.0 Å². The largest absolute Gasteiger partial charge is 0.270 e. The van der Waals surface area contributed by atoms with Crippen LogP contribution in [0.15, 0.2) is 16.3 Å². The quantitative estimate of drug-likeness (QED) is 0.798. The Morgan fingerprint density at radius 2 is 1.94 bits per heavy atom. The summed E-state index contributed by atoms with van der Waals surface area (Å²) in [6.07, 6.45) is 1.91. The standard InChI is InChI=1S/C9H12ClNO4S3/c10-17(12,13)9-4-1-7(16-9)5-6-11-18(14,15)8-2-3-8/h1,4,8,11H,2-3,5-6H2. The predicted molar refractivity (Wildman–Crippen MR) is 71.0 cm³/mol. The summed E-state index contributed by atoms with van der Waals surface area (Å²) < 4.78 is 47.7. The van der Waals surface area contributed by atoms with E-state index in [1.165, 1.54) is 6.07 Å². The lowest BCUT2D eigenvalue weighted by molar-refractivity contribution is 0.580. The summed E-state index contributed by atoms with van der Waals surface area (Å²) >= 11 is 1.06. The maximum absolute atomic E-state index is 11.5. The van der Waals surface area contributed by atoms with Crippen molar-refractivity contribution in [1.82, 2.24) is 4.72 Å². The molecule has 1 aromatic rings. The molecule has 1 heterocycles. The van der Waals surface area contributed by atoms with Crippen LogP contribution in [0.3, 0.4) is 0 Å². The van der Waals surface area contributed by atoms with Crippen molar-refractivity contribution in [3.8, 4) is 0 Å². The molecule has 2 rings (SSSR count). The van der Waals surface area contributed by atoms with Gasteiger partial charge in [-0.2, -0.15) is 0 Å². The Balaban J connectivity index is 1.89. The lowest BCUT2D eigenvalue weighted by Crippen LogP contribution is -2.28. The Bertz CT molecular complexity index is 631. The van der Waals surface area contributed by atoms with Gasteiger partial charge in [-0.1, -0.05) is 0 Å². The number of rotatable bonds is 6. The highest BCUT2D eigenvalue weighted by Gasteiger charge is 2.35. The molecule has 0 aliphatic heterocycles. The summed E-state index contributed by atoms with van der Waals surface area (Å²) in [6, 6.07) is 3.07. The van der Waals surface area contributed by atoms with Crippen molar-refractivity contribution in [2.75, 3.05) is 6.54 Å². The van der Waals surface area contributed by atoms with E-state index in [0.717, 1.165) is 29.1 Å². The maximum Gasteiger partial charge on any atom is 0.270 e. The van der Waals surface area contributed by atoms with Gasteiger partial charge in [-0.25, -0.2) is 21.6 Å². The second-order valence-corrected chi connectivity index (χ2v) is 10.1. The van der Waals surface area contributed by atoms with E-state index < -0.39 is 19.1 Å². The second kappa shape index (κ2) is 5.09. The molecule has 102 valence electrons. The Labute approximate surface area is 115 Å². The molecule has 1 aliphatic rings. The average Bonchev–Trinajstić information content (AvgIpc) is 2.98. The molecular formula is C9H12ClNO4S3. The van der Waals surface area contributed by atoms with Gasteiger partial charge in [0.05, 0.1) is 5.25 Å². The third kappa shape index (κ3) is 3.67. The van der Waals surface area contributed by atoms with Crippen LogP contribution < -0.4 is 4.72 Å². The second-order valence-electron chi connectivity index (χ2n) is 4.05. The van der Waals surface area contributed by atoms with E-state index in [-0.39, 0.29) is 16.0 Å². The van der Waals surface area contributed by atoms with Crippen LogP contribution in [0.1, 0.15) is 17.7 Å². The third-order valence-corrected chi connectivity index (χ3v) is 7.71. The number of nitrogens with one attached hydrogen (secondary N) is 1. The van der Waals surface area contributed by atoms with Crippen molar-refractivity contribution in [1.29, 1.82) is 0 Å². The molecular weight excluding hydrogens is 318 g/mol. The minimum atomic E-state index is -3.69. The highest BCUT2D eigenvalue weighted by atomic mass is 35.7.